The molecule has 0 unspecified atom stereocenters. The maximum absolute atomic E-state index is 13.7. The molecule has 0 fully saturated rings. The molecule has 0 N–H and O–H groups in total. The van der Waals surface area contributed by atoms with E-state index in [1.807, 2.05) is 30.3 Å². The molecule has 0 saturated carbocycles. The second kappa shape index (κ2) is 10.0. The Kier molecular flexibility index (Phi) is 6.45. The minimum atomic E-state index is -0.482. The number of anilines is 1. The molecule has 1 aromatic heterocycles. The van der Waals surface area contributed by atoms with Crippen molar-refractivity contribution in [1.29, 1.82) is 0 Å². The molecule has 2 heterocycles. The molecule has 4 aromatic rings. The Bertz CT molecular complexity index is 1610. The van der Waals surface area contributed by atoms with Crippen molar-refractivity contribution in [3.63, 3.8) is 0 Å². The van der Waals surface area contributed by atoms with Crippen LogP contribution in [-0.2, 0) is 9.53 Å². The van der Waals surface area contributed by atoms with Crippen LogP contribution in [0.15, 0.2) is 101 Å². The van der Waals surface area contributed by atoms with E-state index in [1.165, 1.54) is 18.1 Å². The molecule has 3 aromatic carbocycles. The Morgan fingerprint density at radius 1 is 0.974 bits per heavy atom. The van der Waals surface area contributed by atoms with Crippen LogP contribution in [0, 0.1) is 17.0 Å². The quantitative estimate of drug-likeness (QED) is 0.129. The number of amides is 1. The summed E-state index contributed by atoms with van der Waals surface area (Å²) in [6, 6.07) is 24.3. The van der Waals surface area contributed by atoms with E-state index < -0.39 is 16.8 Å². The number of benzene rings is 3. The van der Waals surface area contributed by atoms with Gasteiger partial charge in [0.15, 0.2) is 0 Å². The van der Waals surface area contributed by atoms with Crippen LogP contribution >= 0.6 is 0 Å². The fourth-order valence-electron chi connectivity index (χ4n) is 4.27. The van der Waals surface area contributed by atoms with E-state index in [-0.39, 0.29) is 11.4 Å². The van der Waals surface area contributed by atoms with Crippen LogP contribution in [-0.4, -0.2) is 23.9 Å². The van der Waals surface area contributed by atoms with Crippen LogP contribution in [0.1, 0.15) is 27.2 Å². The molecule has 0 spiro atoms. The maximum atomic E-state index is 13.7. The second-order valence-electron chi connectivity index (χ2n) is 8.66. The lowest BCUT2D eigenvalue weighted by Crippen LogP contribution is -2.25. The summed E-state index contributed by atoms with van der Waals surface area (Å²) < 4.78 is 10.7. The van der Waals surface area contributed by atoms with Gasteiger partial charge in [0.2, 0.25) is 0 Å². The van der Waals surface area contributed by atoms with Gasteiger partial charge in [0.1, 0.15) is 17.2 Å². The third-order valence-electron chi connectivity index (χ3n) is 6.14. The van der Waals surface area contributed by atoms with Crippen LogP contribution in [0.5, 0.6) is 0 Å². The summed E-state index contributed by atoms with van der Waals surface area (Å²) in [4.78, 5) is 38.1. The van der Waals surface area contributed by atoms with E-state index in [9.17, 15) is 19.7 Å². The first-order valence-electron chi connectivity index (χ1n) is 11.7. The van der Waals surface area contributed by atoms with Gasteiger partial charge in [-0.3, -0.25) is 19.8 Å². The number of nitrogens with zero attached hydrogens (tertiary/aromatic N) is 2. The standard InChI is InChI=1S/C30H22N2O6/c1-19-8-14-25(27(16-19)32(35)36)31-26(20-6-4-3-5-7-20)18-23(29(31)33)17-24-13-15-28(38-24)21-9-11-22(12-10-21)30(34)37-2/h3-18H,1-2H3/b23-17+. The molecule has 1 aliphatic heterocycles. The number of methoxy groups -OCH3 is 1. The number of ether oxygens (including phenoxy) is 1. The van der Waals surface area contributed by atoms with E-state index >= 15 is 0 Å². The number of carbonyl (C=O) groups excluding carboxylic acids is 2. The van der Waals surface area contributed by atoms with Gasteiger partial charge in [-0.05, 0) is 60.5 Å². The van der Waals surface area contributed by atoms with Gasteiger partial charge in [-0.1, -0.05) is 48.5 Å². The lowest BCUT2D eigenvalue weighted by molar-refractivity contribution is -0.384. The molecule has 0 bridgehead atoms. The Morgan fingerprint density at radius 2 is 1.71 bits per heavy atom. The average molecular weight is 507 g/mol. The zero-order valence-corrected chi connectivity index (χ0v) is 20.6. The number of nitro benzene ring substituents is 1. The molecule has 1 aliphatic rings. The topological polar surface area (TPSA) is 103 Å². The van der Waals surface area contributed by atoms with Crippen molar-refractivity contribution in [2.24, 2.45) is 0 Å². The largest absolute Gasteiger partial charge is 0.465 e. The summed E-state index contributed by atoms with van der Waals surface area (Å²) in [5, 5.41) is 11.9. The highest BCUT2D eigenvalue weighted by atomic mass is 16.6. The molecule has 0 saturated heterocycles. The third-order valence-corrected chi connectivity index (χ3v) is 6.14. The number of hydrogen-bond acceptors (Lipinski definition) is 6. The summed E-state index contributed by atoms with van der Waals surface area (Å²) in [6.45, 7) is 1.76. The predicted octanol–water partition coefficient (Wildman–Crippen LogP) is 6.42. The highest BCUT2D eigenvalue weighted by Crippen LogP contribution is 2.40. The van der Waals surface area contributed by atoms with E-state index in [2.05, 4.69) is 0 Å². The van der Waals surface area contributed by atoms with Crippen LogP contribution < -0.4 is 4.90 Å². The Hall–Kier alpha value is -5.24. The van der Waals surface area contributed by atoms with Crippen molar-refractivity contribution in [3.05, 3.63) is 129 Å². The first kappa shape index (κ1) is 24.5. The number of aryl methyl sites for hydroxylation is 1. The van der Waals surface area contributed by atoms with Crippen LogP contribution in [0.3, 0.4) is 0 Å². The number of furan rings is 1. The van der Waals surface area contributed by atoms with Gasteiger partial charge in [-0.2, -0.15) is 0 Å². The average Bonchev–Trinajstić information content (AvgIpc) is 3.53. The lowest BCUT2D eigenvalue weighted by atomic mass is 10.1. The predicted molar refractivity (Wildman–Crippen MR) is 143 cm³/mol. The zero-order chi connectivity index (χ0) is 26.8. The van der Waals surface area contributed by atoms with Crippen LogP contribution in [0.25, 0.3) is 23.1 Å². The minimum Gasteiger partial charge on any atom is -0.465 e. The van der Waals surface area contributed by atoms with Gasteiger partial charge >= 0.3 is 5.97 Å². The molecule has 0 radical (unpaired) electrons. The summed E-state index contributed by atoms with van der Waals surface area (Å²) in [7, 11) is 1.32. The van der Waals surface area contributed by atoms with Crippen molar-refractivity contribution >= 4 is 35.0 Å². The fourth-order valence-corrected chi connectivity index (χ4v) is 4.27. The molecular weight excluding hydrogens is 484 g/mol. The number of esters is 1. The Balaban J connectivity index is 1.53. The van der Waals surface area contributed by atoms with Crippen molar-refractivity contribution in [2.45, 2.75) is 6.92 Å². The molecule has 8 nitrogen and oxygen atoms in total. The van der Waals surface area contributed by atoms with Crippen molar-refractivity contribution in [3.8, 4) is 11.3 Å². The molecule has 38 heavy (non-hydrogen) atoms. The van der Waals surface area contributed by atoms with Crippen molar-refractivity contribution in [1.82, 2.24) is 0 Å². The first-order valence-corrected chi connectivity index (χ1v) is 11.7. The van der Waals surface area contributed by atoms with E-state index in [0.29, 0.717) is 28.4 Å². The summed E-state index contributed by atoms with van der Waals surface area (Å²) >= 11 is 0. The van der Waals surface area contributed by atoms with Crippen LogP contribution in [0.2, 0.25) is 0 Å². The molecule has 8 heteroatoms. The normalized spacial score (nSPS) is 14.1. The highest BCUT2D eigenvalue weighted by Gasteiger charge is 2.34. The van der Waals surface area contributed by atoms with E-state index in [1.54, 1.807) is 67.6 Å². The number of hydrogen-bond donors (Lipinski definition) is 0. The van der Waals surface area contributed by atoms with Crippen molar-refractivity contribution < 1.29 is 23.7 Å². The molecule has 0 atom stereocenters. The van der Waals surface area contributed by atoms with E-state index in [4.69, 9.17) is 9.15 Å². The third kappa shape index (κ3) is 4.62. The molecule has 1 amide bonds. The minimum absolute atomic E-state index is 0.155. The first-order chi connectivity index (χ1) is 18.4. The van der Waals surface area contributed by atoms with Gasteiger partial charge in [-0.25, -0.2) is 4.79 Å². The van der Waals surface area contributed by atoms with Crippen molar-refractivity contribution in [2.75, 3.05) is 12.0 Å². The molecule has 188 valence electrons. The monoisotopic (exact) mass is 506 g/mol. The molecular formula is C30H22N2O6. The lowest BCUT2D eigenvalue weighted by Gasteiger charge is -2.20. The maximum Gasteiger partial charge on any atom is 0.337 e. The Morgan fingerprint density at radius 3 is 2.39 bits per heavy atom. The van der Waals surface area contributed by atoms with E-state index in [0.717, 1.165) is 16.7 Å². The Labute approximate surface area is 218 Å². The SMILES string of the molecule is COC(=O)c1ccc(-c2ccc(/C=C3\C=C(c4ccccc4)N(c4ccc(C)cc4[N+](=O)[O-])C3=O)o2)cc1. The smallest absolute Gasteiger partial charge is 0.337 e. The fraction of sp³-hybridized carbons (Fsp3) is 0.0667. The van der Waals surface area contributed by atoms with Gasteiger partial charge in [0, 0.05) is 17.2 Å². The van der Waals surface area contributed by atoms with Gasteiger partial charge in [-0.15, -0.1) is 0 Å². The van der Waals surface area contributed by atoms with Gasteiger partial charge < -0.3 is 9.15 Å². The summed E-state index contributed by atoms with van der Waals surface area (Å²) in [6.07, 6.45) is 3.31. The molecule has 5 rings (SSSR count). The number of rotatable bonds is 6. The number of nitro groups is 1. The van der Waals surface area contributed by atoms with Crippen LogP contribution in [0.4, 0.5) is 11.4 Å². The highest BCUT2D eigenvalue weighted by molar-refractivity contribution is 6.23. The zero-order valence-electron chi connectivity index (χ0n) is 20.6. The van der Waals surface area contributed by atoms with Gasteiger partial charge in [0.25, 0.3) is 11.6 Å². The summed E-state index contributed by atoms with van der Waals surface area (Å²) in [5.74, 6) is 0.151. The van der Waals surface area contributed by atoms with Gasteiger partial charge in [0.05, 0.1) is 23.3 Å². The number of carbonyl (C=O) groups is 2. The molecule has 0 aliphatic carbocycles. The summed E-state index contributed by atoms with van der Waals surface area (Å²) in [5.41, 5.74) is 3.51. The second-order valence-corrected chi connectivity index (χ2v) is 8.66.